The zero-order valence-corrected chi connectivity index (χ0v) is 14.2. The van der Waals surface area contributed by atoms with Gasteiger partial charge in [0.1, 0.15) is 0 Å². The number of hydrogen-bond acceptors (Lipinski definition) is 8. The van der Waals surface area contributed by atoms with Crippen LogP contribution >= 0.6 is 0 Å². The monoisotopic (exact) mass is 356 g/mol. The first kappa shape index (κ1) is 17.3. The minimum Gasteiger partial charge on any atom is -0.493 e. The number of ether oxygens (including phenoxy) is 3. The summed E-state index contributed by atoms with van der Waals surface area (Å²) in [5.41, 5.74) is 0.682. The lowest BCUT2D eigenvalue weighted by Gasteiger charge is -2.09. The number of nitrogens with zero attached hydrogens (tertiary/aromatic N) is 2. The van der Waals surface area contributed by atoms with Crippen LogP contribution in [-0.2, 0) is 16.1 Å². The third kappa shape index (κ3) is 3.92. The number of carbonyl (C=O) groups excluding carboxylic acids is 1. The van der Waals surface area contributed by atoms with Gasteiger partial charge in [-0.25, -0.2) is 4.79 Å². The number of benzene rings is 1. The van der Waals surface area contributed by atoms with Crippen LogP contribution in [0.5, 0.6) is 11.5 Å². The Morgan fingerprint density at radius 2 is 2.04 bits per heavy atom. The number of esters is 1. The molecule has 0 aliphatic carbocycles. The molecule has 0 N–H and O–H groups in total. The lowest BCUT2D eigenvalue weighted by molar-refractivity contribution is -0.139. The number of carbonyl (C=O) groups is 1. The first-order valence-electron chi connectivity index (χ1n) is 7.63. The Labute approximate surface area is 149 Å². The molecular formula is C18H16N2O6. The number of aromatic nitrogens is 2. The van der Waals surface area contributed by atoms with E-state index in [9.17, 15) is 4.79 Å². The van der Waals surface area contributed by atoms with Crippen LogP contribution in [0.3, 0.4) is 0 Å². The molecule has 2 aromatic heterocycles. The van der Waals surface area contributed by atoms with Crippen LogP contribution in [0, 0.1) is 0 Å². The van der Waals surface area contributed by atoms with Crippen molar-refractivity contribution >= 4 is 12.0 Å². The molecule has 0 radical (unpaired) electrons. The van der Waals surface area contributed by atoms with Gasteiger partial charge < -0.3 is 23.0 Å². The fourth-order valence-electron chi connectivity index (χ4n) is 2.19. The average molecular weight is 356 g/mol. The highest BCUT2D eigenvalue weighted by Crippen LogP contribution is 2.31. The summed E-state index contributed by atoms with van der Waals surface area (Å²) in [6.45, 7) is -0.147. The van der Waals surface area contributed by atoms with Gasteiger partial charge in [0.15, 0.2) is 23.9 Å². The number of rotatable bonds is 7. The van der Waals surface area contributed by atoms with Crippen LogP contribution in [0.15, 0.2) is 51.5 Å². The van der Waals surface area contributed by atoms with E-state index in [0.717, 1.165) is 0 Å². The van der Waals surface area contributed by atoms with Gasteiger partial charge in [0, 0.05) is 11.6 Å². The van der Waals surface area contributed by atoms with Crippen LogP contribution in [-0.4, -0.2) is 30.4 Å². The maximum atomic E-state index is 11.9. The Morgan fingerprint density at radius 3 is 2.77 bits per heavy atom. The Morgan fingerprint density at radius 1 is 1.15 bits per heavy atom. The molecule has 0 unspecified atom stereocenters. The van der Waals surface area contributed by atoms with Crippen LogP contribution in [0.1, 0.15) is 11.5 Å². The summed E-state index contributed by atoms with van der Waals surface area (Å²) in [5.74, 6) is 1.36. The first-order valence-corrected chi connectivity index (χ1v) is 7.63. The highest BCUT2D eigenvalue weighted by Gasteiger charge is 2.12. The van der Waals surface area contributed by atoms with E-state index < -0.39 is 5.97 Å². The fourth-order valence-corrected chi connectivity index (χ4v) is 2.19. The van der Waals surface area contributed by atoms with Crippen LogP contribution in [0.25, 0.3) is 17.7 Å². The number of methoxy groups -OCH3 is 2. The van der Waals surface area contributed by atoms with Gasteiger partial charge >= 0.3 is 5.97 Å². The molecule has 0 fully saturated rings. The standard InChI is InChI=1S/C18H16N2O6/c1-22-13-6-3-5-12(17(13)23-2)8-9-16(21)25-11-15-19-20-18(26-15)14-7-4-10-24-14/h3-10H,11H2,1-2H3/b9-8+. The molecular weight excluding hydrogens is 340 g/mol. The largest absolute Gasteiger partial charge is 0.493 e. The topological polar surface area (TPSA) is 96.8 Å². The molecule has 0 saturated heterocycles. The van der Waals surface area contributed by atoms with Crippen molar-refractivity contribution in [3.8, 4) is 23.1 Å². The van der Waals surface area contributed by atoms with Crippen molar-refractivity contribution in [3.63, 3.8) is 0 Å². The van der Waals surface area contributed by atoms with E-state index in [4.69, 9.17) is 23.0 Å². The van der Waals surface area contributed by atoms with E-state index >= 15 is 0 Å². The van der Waals surface area contributed by atoms with Crippen LogP contribution in [0.2, 0.25) is 0 Å². The van der Waals surface area contributed by atoms with Crippen molar-refractivity contribution in [1.82, 2.24) is 10.2 Å². The zero-order chi connectivity index (χ0) is 18.4. The second kappa shape index (κ2) is 8.02. The maximum Gasteiger partial charge on any atom is 0.331 e. The van der Waals surface area contributed by atoms with Crippen LogP contribution in [0.4, 0.5) is 0 Å². The lowest BCUT2D eigenvalue weighted by Crippen LogP contribution is -2.01. The number of furan rings is 1. The molecule has 8 heteroatoms. The Bertz CT molecular complexity index is 898. The smallest absolute Gasteiger partial charge is 0.331 e. The van der Waals surface area contributed by atoms with Crippen molar-refractivity contribution < 1.29 is 27.8 Å². The van der Waals surface area contributed by atoms with Gasteiger partial charge in [-0.05, 0) is 24.3 Å². The van der Waals surface area contributed by atoms with Crippen molar-refractivity contribution in [2.24, 2.45) is 0 Å². The first-order chi connectivity index (χ1) is 12.7. The second-order valence-corrected chi connectivity index (χ2v) is 5.00. The molecule has 26 heavy (non-hydrogen) atoms. The predicted octanol–water partition coefficient (Wildman–Crippen LogP) is 3.10. The summed E-state index contributed by atoms with van der Waals surface area (Å²) in [6, 6.07) is 8.74. The summed E-state index contributed by atoms with van der Waals surface area (Å²) in [7, 11) is 3.07. The van der Waals surface area contributed by atoms with E-state index in [0.29, 0.717) is 22.8 Å². The highest BCUT2D eigenvalue weighted by molar-refractivity contribution is 5.87. The predicted molar refractivity (Wildman–Crippen MR) is 90.4 cm³/mol. The Hall–Kier alpha value is -3.55. The van der Waals surface area contributed by atoms with Crippen molar-refractivity contribution in [2.75, 3.05) is 14.2 Å². The molecule has 0 spiro atoms. The molecule has 0 saturated carbocycles. The molecule has 2 heterocycles. The van der Waals surface area contributed by atoms with Crippen molar-refractivity contribution in [2.45, 2.75) is 6.61 Å². The van der Waals surface area contributed by atoms with Gasteiger partial charge in [0.25, 0.3) is 11.8 Å². The van der Waals surface area contributed by atoms with Gasteiger partial charge in [0.2, 0.25) is 0 Å². The Kier molecular flexibility index (Phi) is 5.33. The van der Waals surface area contributed by atoms with Crippen molar-refractivity contribution in [1.29, 1.82) is 0 Å². The lowest BCUT2D eigenvalue weighted by atomic mass is 10.1. The second-order valence-electron chi connectivity index (χ2n) is 5.00. The van der Waals surface area contributed by atoms with E-state index in [2.05, 4.69) is 10.2 Å². The minimum absolute atomic E-state index is 0.147. The van der Waals surface area contributed by atoms with Gasteiger partial charge in [-0.15, -0.1) is 10.2 Å². The molecule has 3 aromatic rings. The summed E-state index contributed by atoms with van der Waals surface area (Å²) in [4.78, 5) is 11.9. The molecule has 0 amide bonds. The fraction of sp³-hybridized carbons (Fsp3) is 0.167. The number of para-hydroxylation sites is 1. The molecule has 0 atom stereocenters. The molecule has 0 aliphatic heterocycles. The third-order valence-electron chi connectivity index (χ3n) is 3.37. The SMILES string of the molecule is COc1cccc(/C=C/C(=O)OCc2nnc(-c3ccco3)o2)c1OC. The highest BCUT2D eigenvalue weighted by atomic mass is 16.5. The zero-order valence-electron chi connectivity index (χ0n) is 14.2. The molecule has 1 aromatic carbocycles. The van der Waals surface area contributed by atoms with E-state index in [1.54, 1.807) is 43.5 Å². The summed E-state index contributed by atoms with van der Waals surface area (Å²) < 4.78 is 26.1. The van der Waals surface area contributed by atoms with E-state index in [1.807, 2.05) is 0 Å². The average Bonchev–Trinajstić information content (AvgIpc) is 3.35. The van der Waals surface area contributed by atoms with Crippen LogP contribution < -0.4 is 9.47 Å². The molecule has 0 aliphatic rings. The molecule has 0 bridgehead atoms. The van der Waals surface area contributed by atoms with Gasteiger partial charge in [0.05, 0.1) is 20.5 Å². The molecule has 134 valence electrons. The summed E-state index contributed by atoms with van der Waals surface area (Å²) in [5, 5.41) is 7.62. The van der Waals surface area contributed by atoms with Gasteiger partial charge in [-0.3, -0.25) is 0 Å². The molecule has 3 rings (SSSR count). The normalized spacial score (nSPS) is 10.8. The van der Waals surface area contributed by atoms with Crippen molar-refractivity contribution in [3.05, 3.63) is 54.1 Å². The third-order valence-corrected chi connectivity index (χ3v) is 3.37. The maximum absolute atomic E-state index is 11.9. The summed E-state index contributed by atoms with van der Waals surface area (Å²) in [6.07, 6.45) is 4.35. The quantitative estimate of drug-likeness (QED) is 0.470. The Balaban J connectivity index is 1.60. The van der Waals surface area contributed by atoms with E-state index in [1.165, 1.54) is 19.4 Å². The van der Waals surface area contributed by atoms with Gasteiger partial charge in [-0.2, -0.15) is 0 Å². The van der Waals surface area contributed by atoms with E-state index in [-0.39, 0.29) is 18.4 Å². The summed E-state index contributed by atoms with van der Waals surface area (Å²) >= 11 is 0. The number of hydrogen-bond donors (Lipinski definition) is 0. The minimum atomic E-state index is -0.562. The van der Waals surface area contributed by atoms with Gasteiger partial charge in [-0.1, -0.05) is 12.1 Å². The molecule has 8 nitrogen and oxygen atoms in total.